The molecule has 4 heavy (non-hydrogen) atoms. The SMILES string of the molecule is N=C1BC1. The van der Waals surface area contributed by atoms with Crippen LogP contribution in [-0.4, -0.2) is 12.9 Å². The Morgan fingerprint density at radius 1 is 2.00 bits per heavy atom. The van der Waals surface area contributed by atoms with Crippen molar-refractivity contribution in [2.75, 3.05) is 0 Å². The third kappa shape index (κ3) is 0.125. The summed E-state index contributed by atoms with van der Waals surface area (Å²) in [5.41, 5.74) is 0.917. The van der Waals surface area contributed by atoms with E-state index in [9.17, 15) is 0 Å². The number of rotatable bonds is 0. The van der Waals surface area contributed by atoms with Gasteiger partial charge in [-0.3, -0.25) is 0 Å². The third-order valence-electron chi connectivity index (χ3n) is 0.500. The summed E-state index contributed by atoms with van der Waals surface area (Å²) in [5, 5.41) is 6.61. The molecule has 1 N–H and O–H groups in total. The largest absolute Gasteiger partial charge is 0.321 e. The molecule has 0 bridgehead atoms. The number of hydrogen-bond acceptors (Lipinski definition) is 1. The highest BCUT2D eigenvalue weighted by molar-refractivity contribution is 6.94. The van der Waals surface area contributed by atoms with Gasteiger partial charge in [0.15, 0.2) is 7.28 Å². The Morgan fingerprint density at radius 3 is 2.25 bits per heavy atom. The molecule has 0 aromatic rings. The molecule has 0 spiro atoms. The van der Waals surface area contributed by atoms with Crippen LogP contribution < -0.4 is 0 Å². The minimum atomic E-state index is 0.917. The van der Waals surface area contributed by atoms with E-state index in [1.807, 2.05) is 0 Å². The third-order valence-corrected chi connectivity index (χ3v) is 0.500. The first kappa shape index (κ1) is 2.00. The second-order valence-corrected chi connectivity index (χ2v) is 1.10. The maximum Gasteiger partial charge on any atom is 0.179 e. The van der Waals surface area contributed by atoms with Crippen molar-refractivity contribution < 1.29 is 0 Å². The zero-order valence-corrected chi connectivity index (χ0v) is 2.41. The fourth-order valence-electron chi connectivity index (χ4n) is 0.0625. The lowest BCUT2D eigenvalue weighted by Gasteiger charge is -1.35. The summed E-state index contributed by atoms with van der Waals surface area (Å²) < 4.78 is 0. The fourth-order valence-corrected chi connectivity index (χ4v) is 0.0625. The topological polar surface area (TPSA) is 23.9 Å². The smallest absolute Gasteiger partial charge is 0.179 e. The van der Waals surface area contributed by atoms with E-state index in [2.05, 4.69) is 0 Å². The highest BCUT2D eigenvalue weighted by Crippen LogP contribution is 1.96. The van der Waals surface area contributed by atoms with E-state index < -0.39 is 0 Å². The maximum absolute atomic E-state index is 6.61. The van der Waals surface area contributed by atoms with Crippen LogP contribution >= 0.6 is 0 Å². The van der Waals surface area contributed by atoms with E-state index in [-0.39, 0.29) is 0 Å². The number of hydrogen-bond donors (Lipinski definition) is 1. The monoisotopic (exact) mass is 53.0 g/mol. The average Bonchev–Trinajstić information content (AvgIpc) is 1.75. The molecule has 20 valence electrons. The molecule has 0 aliphatic carbocycles. The van der Waals surface area contributed by atoms with Crippen molar-refractivity contribution in [3.05, 3.63) is 0 Å². The summed E-state index contributed by atoms with van der Waals surface area (Å²) in [6, 6.07) is 0. The van der Waals surface area contributed by atoms with Crippen molar-refractivity contribution >= 4 is 12.9 Å². The predicted molar refractivity (Wildman–Crippen MR) is 19.7 cm³/mol. The Bertz CT molecular complexity index is 44.0. The zero-order chi connectivity index (χ0) is 2.99. The molecule has 1 rings (SSSR count). The van der Waals surface area contributed by atoms with Crippen molar-refractivity contribution in [1.82, 2.24) is 0 Å². The molecular formula is C2H4BN. The fraction of sp³-hybridized carbons (Fsp3) is 0.500. The van der Waals surface area contributed by atoms with E-state index in [0.29, 0.717) is 0 Å². The summed E-state index contributed by atoms with van der Waals surface area (Å²) >= 11 is 0. The van der Waals surface area contributed by atoms with Crippen LogP contribution in [0.25, 0.3) is 0 Å². The number of nitrogens with one attached hydrogen (secondary N) is 1. The molecule has 1 nitrogen and oxygen atoms in total. The average molecular weight is 52.9 g/mol. The molecule has 0 aromatic heterocycles. The summed E-state index contributed by atoms with van der Waals surface area (Å²) in [7, 11) is 1.07. The molecule has 0 radical (unpaired) electrons. The second-order valence-electron chi connectivity index (χ2n) is 1.10. The van der Waals surface area contributed by atoms with Gasteiger partial charge in [-0.1, -0.05) is 0 Å². The van der Waals surface area contributed by atoms with Gasteiger partial charge < -0.3 is 5.41 Å². The molecule has 0 amide bonds. The van der Waals surface area contributed by atoms with Gasteiger partial charge in [-0.15, -0.1) is 0 Å². The molecule has 0 unspecified atom stereocenters. The van der Waals surface area contributed by atoms with Gasteiger partial charge in [0.1, 0.15) is 0 Å². The molecule has 2 heteroatoms. The predicted octanol–water partition coefficient (Wildman–Crippen LogP) is -0.168. The van der Waals surface area contributed by atoms with Crippen LogP contribution in [-0.2, 0) is 0 Å². The molecule has 1 fully saturated rings. The Labute approximate surface area is 25.8 Å². The van der Waals surface area contributed by atoms with Crippen LogP contribution in [0.4, 0.5) is 0 Å². The first-order valence-corrected chi connectivity index (χ1v) is 1.46. The first-order chi connectivity index (χ1) is 1.89. The Morgan fingerprint density at radius 2 is 2.25 bits per heavy atom. The van der Waals surface area contributed by atoms with Crippen molar-refractivity contribution in [2.45, 2.75) is 6.32 Å². The lowest BCUT2D eigenvalue weighted by molar-refractivity contribution is 1.56. The van der Waals surface area contributed by atoms with Gasteiger partial charge in [0.2, 0.25) is 0 Å². The van der Waals surface area contributed by atoms with Crippen molar-refractivity contribution in [3.63, 3.8) is 0 Å². The molecular weight excluding hydrogens is 48.8 g/mol. The Hall–Kier alpha value is -0.265. The van der Waals surface area contributed by atoms with E-state index in [0.717, 1.165) is 19.2 Å². The van der Waals surface area contributed by atoms with Crippen LogP contribution in [0.15, 0.2) is 0 Å². The van der Waals surface area contributed by atoms with E-state index in [1.54, 1.807) is 0 Å². The van der Waals surface area contributed by atoms with Crippen LogP contribution in [0.3, 0.4) is 0 Å². The Balaban J connectivity index is 2.60. The highest BCUT2D eigenvalue weighted by Gasteiger charge is 2.11. The van der Waals surface area contributed by atoms with E-state index in [1.165, 1.54) is 0 Å². The van der Waals surface area contributed by atoms with E-state index in [4.69, 9.17) is 5.41 Å². The van der Waals surface area contributed by atoms with Gasteiger partial charge in [0, 0.05) is 0 Å². The summed E-state index contributed by atoms with van der Waals surface area (Å²) in [4.78, 5) is 0. The molecule has 1 heterocycles. The van der Waals surface area contributed by atoms with Gasteiger partial charge in [0.25, 0.3) is 0 Å². The lowest BCUT2D eigenvalue weighted by atomic mass is 10.1. The lowest BCUT2D eigenvalue weighted by Crippen LogP contribution is -1.50. The van der Waals surface area contributed by atoms with Gasteiger partial charge in [-0.2, -0.15) is 0 Å². The molecule has 0 aromatic carbocycles. The van der Waals surface area contributed by atoms with Crippen LogP contribution in [0.5, 0.6) is 0 Å². The van der Waals surface area contributed by atoms with Crippen LogP contribution in [0.1, 0.15) is 0 Å². The van der Waals surface area contributed by atoms with Crippen LogP contribution in [0.2, 0.25) is 6.32 Å². The standard InChI is InChI=1S/C2H4BN/c4-2-1-3-2/h3-4H,1H2. The van der Waals surface area contributed by atoms with Crippen LogP contribution in [0, 0.1) is 5.41 Å². The van der Waals surface area contributed by atoms with Gasteiger partial charge >= 0.3 is 0 Å². The summed E-state index contributed by atoms with van der Waals surface area (Å²) in [5.74, 6) is 0. The summed E-state index contributed by atoms with van der Waals surface area (Å²) in [6.45, 7) is 0. The van der Waals surface area contributed by atoms with E-state index >= 15 is 0 Å². The van der Waals surface area contributed by atoms with Crippen molar-refractivity contribution in [3.8, 4) is 0 Å². The molecule has 1 aliphatic heterocycles. The zero-order valence-electron chi connectivity index (χ0n) is 2.41. The molecule has 0 saturated carbocycles. The molecule has 1 aliphatic rings. The normalized spacial score (nSPS) is 19.5. The first-order valence-electron chi connectivity index (χ1n) is 1.46. The summed E-state index contributed by atoms with van der Waals surface area (Å²) in [6.07, 6.45) is 1.07. The van der Waals surface area contributed by atoms with Gasteiger partial charge in [0.05, 0.1) is 0 Å². The highest BCUT2D eigenvalue weighted by atomic mass is 14.4. The molecule has 1 saturated heterocycles. The second kappa shape index (κ2) is 0.367. The minimum Gasteiger partial charge on any atom is -0.321 e. The van der Waals surface area contributed by atoms with Gasteiger partial charge in [-0.05, 0) is 11.9 Å². The van der Waals surface area contributed by atoms with Gasteiger partial charge in [-0.25, -0.2) is 0 Å². The van der Waals surface area contributed by atoms with Crippen molar-refractivity contribution in [2.24, 2.45) is 0 Å². The minimum absolute atomic E-state index is 0.917. The molecule has 0 atom stereocenters. The van der Waals surface area contributed by atoms with Crippen molar-refractivity contribution in [1.29, 1.82) is 5.41 Å². The quantitative estimate of drug-likeness (QED) is 0.370. The Kier molecular flexibility index (Phi) is 0.184. The maximum atomic E-state index is 6.61.